The Hall–Kier alpha value is -3.68. The van der Waals surface area contributed by atoms with Gasteiger partial charge in [-0.05, 0) is 80.5 Å². The second-order valence-electron chi connectivity index (χ2n) is 10.5. The molecule has 35 heavy (non-hydrogen) atoms. The Morgan fingerprint density at radius 2 is 1.74 bits per heavy atom. The molecule has 4 aliphatic carbocycles. The minimum Gasteiger partial charge on any atom is -0.496 e. The summed E-state index contributed by atoms with van der Waals surface area (Å²) in [6, 6.07) is 14.2. The fraction of sp³-hybridized carbons (Fsp3) is 0.407. The number of aromatic nitrogens is 2. The zero-order chi connectivity index (χ0) is 24.2. The van der Waals surface area contributed by atoms with Crippen LogP contribution in [0, 0.1) is 27.9 Å². The highest BCUT2D eigenvalue weighted by atomic mass is 16.6. The molecule has 0 aliphatic heterocycles. The molecule has 1 aromatic heterocycles. The fourth-order valence-corrected chi connectivity index (χ4v) is 7.13. The lowest BCUT2D eigenvalue weighted by molar-refractivity contribution is -0.384. The Morgan fingerprint density at radius 1 is 1.09 bits per heavy atom. The van der Waals surface area contributed by atoms with Crippen molar-refractivity contribution in [1.29, 1.82) is 0 Å². The number of nitrogens with zero attached hydrogens (tertiary/aromatic N) is 3. The molecule has 4 fully saturated rings. The number of methoxy groups -OCH3 is 1. The van der Waals surface area contributed by atoms with Crippen LogP contribution in [-0.2, 0) is 5.41 Å². The molecular weight excluding hydrogens is 444 g/mol. The number of amides is 1. The minimum absolute atomic E-state index is 0.104. The number of benzene rings is 2. The van der Waals surface area contributed by atoms with Gasteiger partial charge < -0.3 is 10.1 Å². The molecule has 4 saturated carbocycles. The van der Waals surface area contributed by atoms with E-state index in [2.05, 4.69) is 5.32 Å². The van der Waals surface area contributed by atoms with Crippen LogP contribution in [-0.4, -0.2) is 27.7 Å². The maximum absolute atomic E-state index is 13.7. The van der Waals surface area contributed by atoms with Gasteiger partial charge in [0.05, 0.1) is 35.0 Å². The summed E-state index contributed by atoms with van der Waals surface area (Å²) < 4.78 is 6.91. The van der Waals surface area contributed by atoms with Crippen LogP contribution >= 0.6 is 0 Å². The number of hydrogen-bond acceptors (Lipinski definition) is 5. The molecule has 0 radical (unpaired) electrons. The minimum atomic E-state index is -0.508. The number of rotatable bonds is 6. The highest BCUT2D eigenvalue weighted by molar-refractivity contribution is 6.06. The van der Waals surface area contributed by atoms with Gasteiger partial charge in [0.15, 0.2) is 0 Å². The summed E-state index contributed by atoms with van der Waals surface area (Å²) >= 11 is 0. The molecule has 1 heterocycles. The van der Waals surface area contributed by atoms with Crippen LogP contribution in [0.3, 0.4) is 0 Å². The van der Waals surface area contributed by atoms with Gasteiger partial charge in [0.1, 0.15) is 11.4 Å². The smallest absolute Gasteiger partial charge is 0.296 e. The normalized spacial score (nSPS) is 26.5. The Bertz CT molecular complexity index is 1260. The molecule has 7 rings (SSSR count). The Morgan fingerprint density at radius 3 is 2.34 bits per heavy atom. The molecule has 0 saturated heterocycles. The topological polar surface area (TPSA) is 99.3 Å². The Kier molecular flexibility index (Phi) is 5.12. The summed E-state index contributed by atoms with van der Waals surface area (Å²) in [6.07, 6.45) is 8.85. The van der Waals surface area contributed by atoms with Gasteiger partial charge in [-0.15, -0.1) is 0 Å². The van der Waals surface area contributed by atoms with E-state index in [1.807, 2.05) is 30.3 Å². The van der Waals surface area contributed by atoms with Gasteiger partial charge in [0.25, 0.3) is 11.6 Å². The van der Waals surface area contributed by atoms with Gasteiger partial charge in [0.2, 0.25) is 0 Å². The van der Waals surface area contributed by atoms with Gasteiger partial charge in [0, 0.05) is 11.6 Å². The molecule has 4 aliphatic rings. The molecule has 0 spiro atoms. The summed E-state index contributed by atoms with van der Waals surface area (Å²) in [5.74, 6) is 2.08. The number of carbonyl (C=O) groups excluding carboxylic acids is 1. The maximum Gasteiger partial charge on any atom is 0.296 e. The molecule has 8 heteroatoms. The number of ether oxygens (including phenoxy) is 1. The third kappa shape index (κ3) is 3.77. The third-order valence-corrected chi connectivity index (χ3v) is 8.17. The number of carbonyl (C=O) groups is 1. The molecule has 4 bridgehead atoms. The molecule has 0 atom stereocenters. The number of nitrogens with one attached hydrogen (secondary N) is 1. The first-order valence-corrected chi connectivity index (χ1v) is 12.2. The number of para-hydroxylation sites is 1. The summed E-state index contributed by atoms with van der Waals surface area (Å²) in [4.78, 5) is 24.9. The highest BCUT2D eigenvalue weighted by Gasteiger charge is 2.54. The van der Waals surface area contributed by atoms with E-state index in [0.717, 1.165) is 30.6 Å². The van der Waals surface area contributed by atoms with Crippen molar-refractivity contribution in [2.75, 3.05) is 12.4 Å². The summed E-state index contributed by atoms with van der Waals surface area (Å²) in [5, 5.41) is 19.5. The van der Waals surface area contributed by atoms with Gasteiger partial charge in [-0.3, -0.25) is 14.9 Å². The lowest BCUT2D eigenvalue weighted by atomic mass is 9.48. The monoisotopic (exact) mass is 472 g/mol. The van der Waals surface area contributed by atoms with E-state index in [1.54, 1.807) is 16.9 Å². The van der Waals surface area contributed by atoms with Crippen LogP contribution in [0.4, 0.5) is 11.4 Å². The van der Waals surface area contributed by atoms with Crippen molar-refractivity contribution >= 4 is 17.3 Å². The van der Waals surface area contributed by atoms with Crippen molar-refractivity contribution in [3.8, 4) is 11.4 Å². The van der Waals surface area contributed by atoms with Crippen molar-refractivity contribution in [2.24, 2.45) is 17.8 Å². The first kappa shape index (κ1) is 21.8. The van der Waals surface area contributed by atoms with E-state index in [1.165, 1.54) is 38.5 Å². The van der Waals surface area contributed by atoms with Crippen LogP contribution in [0.2, 0.25) is 0 Å². The summed E-state index contributed by atoms with van der Waals surface area (Å²) in [5.41, 5.74) is 2.06. The quantitative estimate of drug-likeness (QED) is 0.377. The van der Waals surface area contributed by atoms with E-state index in [9.17, 15) is 14.9 Å². The van der Waals surface area contributed by atoms with E-state index in [0.29, 0.717) is 29.1 Å². The predicted octanol–water partition coefficient (Wildman–Crippen LogP) is 5.51. The fourth-order valence-electron chi connectivity index (χ4n) is 7.13. The van der Waals surface area contributed by atoms with Gasteiger partial charge in [-0.1, -0.05) is 18.2 Å². The van der Waals surface area contributed by atoms with Crippen molar-refractivity contribution in [3.05, 3.63) is 76.1 Å². The lowest BCUT2D eigenvalue weighted by Gasteiger charge is -2.56. The van der Waals surface area contributed by atoms with Crippen LogP contribution < -0.4 is 10.1 Å². The predicted molar refractivity (Wildman–Crippen MR) is 131 cm³/mol. The SMILES string of the molecule is COc1ccc(NC(=O)c2cn(-c3ccccc3)nc2C23CC4CC(CC(C4)C2)C3)c([N+](=O)[O-])c1. The molecule has 0 unspecified atom stereocenters. The molecule has 8 nitrogen and oxygen atoms in total. The average Bonchev–Trinajstić information content (AvgIpc) is 3.31. The van der Waals surface area contributed by atoms with E-state index >= 15 is 0 Å². The largest absolute Gasteiger partial charge is 0.496 e. The summed E-state index contributed by atoms with van der Waals surface area (Å²) in [6.45, 7) is 0. The van der Waals surface area contributed by atoms with Crippen LogP contribution in [0.15, 0.2) is 54.7 Å². The van der Waals surface area contributed by atoms with Gasteiger partial charge in [-0.2, -0.15) is 5.10 Å². The van der Waals surface area contributed by atoms with Crippen LogP contribution in [0.1, 0.15) is 54.6 Å². The van der Waals surface area contributed by atoms with Crippen LogP contribution in [0.5, 0.6) is 5.75 Å². The van der Waals surface area contributed by atoms with Gasteiger partial charge in [-0.25, -0.2) is 4.68 Å². The number of hydrogen-bond donors (Lipinski definition) is 1. The first-order chi connectivity index (χ1) is 16.9. The van der Waals surface area contributed by atoms with Crippen molar-refractivity contribution in [2.45, 2.75) is 43.9 Å². The first-order valence-electron chi connectivity index (χ1n) is 12.2. The van der Waals surface area contributed by atoms with Crippen LogP contribution in [0.25, 0.3) is 5.69 Å². The highest BCUT2D eigenvalue weighted by Crippen LogP contribution is 2.61. The molecular formula is C27H28N4O4. The third-order valence-electron chi connectivity index (χ3n) is 8.17. The van der Waals surface area contributed by atoms with Gasteiger partial charge >= 0.3 is 0 Å². The zero-order valence-corrected chi connectivity index (χ0v) is 19.6. The number of anilines is 1. The Balaban J connectivity index is 1.42. The van der Waals surface area contributed by atoms with Crippen molar-refractivity contribution in [3.63, 3.8) is 0 Å². The number of nitro benzene ring substituents is 1. The molecule has 3 aromatic rings. The maximum atomic E-state index is 13.7. The molecule has 1 amide bonds. The van der Waals surface area contributed by atoms with Crippen molar-refractivity contribution in [1.82, 2.24) is 9.78 Å². The van der Waals surface area contributed by atoms with Crippen molar-refractivity contribution < 1.29 is 14.5 Å². The second-order valence-corrected chi connectivity index (χ2v) is 10.5. The zero-order valence-electron chi connectivity index (χ0n) is 19.6. The molecule has 180 valence electrons. The number of nitro groups is 1. The van der Waals surface area contributed by atoms with E-state index in [4.69, 9.17) is 9.84 Å². The summed E-state index contributed by atoms with van der Waals surface area (Å²) in [7, 11) is 1.45. The standard InChI is InChI=1S/C27H28N4O4/c1-35-21-7-8-23(24(12-21)31(33)34)28-26(32)22-16-30(20-5-3-2-4-6-20)29-25(22)27-13-17-9-18(14-27)11-19(10-17)15-27/h2-8,12,16-19H,9-11,13-15H2,1H3,(H,28,32). The molecule has 2 aromatic carbocycles. The van der Waals surface area contributed by atoms with E-state index < -0.39 is 4.92 Å². The van der Waals surface area contributed by atoms with E-state index in [-0.39, 0.29) is 22.7 Å². The lowest BCUT2D eigenvalue weighted by Crippen LogP contribution is -2.49. The average molecular weight is 473 g/mol. The Labute approximate surface area is 203 Å². The second kappa shape index (κ2) is 8.22. The molecule has 1 N–H and O–H groups in total.